The minimum absolute atomic E-state index is 0.223. The van der Waals surface area contributed by atoms with Crippen LogP contribution in [-0.2, 0) is 5.28 Å². The van der Waals surface area contributed by atoms with Gasteiger partial charge in [-0.15, -0.1) is 0 Å². The smallest absolute Gasteiger partial charge is 0.0997 e. The van der Waals surface area contributed by atoms with Gasteiger partial charge in [-0.1, -0.05) is 53.4 Å². The van der Waals surface area contributed by atoms with E-state index in [4.69, 9.17) is 0 Å². The van der Waals surface area contributed by atoms with Crippen LogP contribution < -0.4 is 0 Å². The Morgan fingerprint density at radius 2 is 1.90 bits per heavy atom. The van der Waals surface area contributed by atoms with E-state index in [1.807, 2.05) is 0 Å². The van der Waals surface area contributed by atoms with Gasteiger partial charge in [0.15, 0.2) is 0 Å². The van der Waals surface area contributed by atoms with Gasteiger partial charge >= 0.3 is 0 Å². The largest absolute Gasteiger partial charge is 0.242 e. The van der Waals surface area contributed by atoms with E-state index in [9.17, 15) is 0 Å². The molecule has 1 aromatic rings. The lowest BCUT2D eigenvalue weighted by atomic mass is 10.2. The van der Waals surface area contributed by atoms with Gasteiger partial charge in [0.05, 0.1) is 0 Å². The quantitative estimate of drug-likeness (QED) is 0.575. The second-order valence-electron chi connectivity index (χ2n) is 2.59. The fourth-order valence-electron chi connectivity index (χ4n) is 1.03. The zero-order chi connectivity index (χ0) is 7.23. The normalized spacial score (nSPS) is 9.30. The van der Waals surface area contributed by atoms with Gasteiger partial charge in [0.25, 0.3) is 0 Å². The van der Waals surface area contributed by atoms with Gasteiger partial charge < -0.3 is 0 Å². The van der Waals surface area contributed by atoms with Crippen LogP contribution in [0.5, 0.6) is 0 Å². The van der Waals surface area contributed by atoms with Crippen LogP contribution in [0.4, 0.5) is 0 Å². The molecule has 0 atom stereocenters. The van der Waals surface area contributed by atoms with Crippen molar-refractivity contribution in [2.45, 2.75) is 17.5 Å². The molecule has 52 valence electrons. The Balaban J connectivity index is 2.43. The van der Waals surface area contributed by atoms with E-state index in [1.165, 1.54) is 16.1 Å². The highest BCUT2D eigenvalue weighted by atomic mass is 27.1. The Morgan fingerprint density at radius 3 is 2.50 bits per heavy atom. The molecule has 0 bridgehead atoms. The average Bonchev–Trinajstić information content (AvgIpc) is 2.03. The van der Waals surface area contributed by atoms with Gasteiger partial charge in [-0.25, -0.2) is 0 Å². The molecule has 0 N–H and O–H groups in total. The van der Waals surface area contributed by atoms with E-state index in [0.717, 1.165) is 0 Å². The number of hydrogen-bond acceptors (Lipinski definition) is 0. The maximum absolute atomic E-state index is 2.29. The third kappa shape index (κ3) is 2.56. The van der Waals surface area contributed by atoms with Crippen LogP contribution in [0.25, 0.3) is 0 Å². The average molecular weight is 148 g/mol. The summed E-state index contributed by atoms with van der Waals surface area (Å²) < 4.78 is 0. The minimum Gasteiger partial charge on any atom is -0.0997 e. The Labute approximate surface area is 69.0 Å². The van der Waals surface area contributed by atoms with Crippen LogP contribution in [0.1, 0.15) is 12.5 Å². The molecule has 0 fully saturated rings. The lowest BCUT2D eigenvalue weighted by molar-refractivity contribution is 1.33. The van der Waals surface area contributed by atoms with Crippen LogP contribution in [0.2, 0.25) is 5.28 Å². The van der Waals surface area contributed by atoms with Crippen LogP contribution in [0.3, 0.4) is 0 Å². The van der Waals surface area contributed by atoms with Crippen molar-refractivity contribution in [3.8, 4) is 0 Å². The highest BCUT2D eigenvalue weighted by Gasteiger charge is 1.91. The van der Waals surface area contributed by atoms with Gasteiger partial charge in [0, 0.05) is 0 Å². The van der Waals surface area contributed by atoms with Crippen LogP contribution >= 0.6 is 0 Å². The van der Waals surface area contributed by atoms with E-state index in [1.54, 1.807) is 0 Å². The Bertz CT molecular complexity index is 169. The van der Waals surface area contributed by atoms with E-state index >= 15 is 0 Å². The summed E-state index contributed by atoms with van der Waals surface area (Å²) in [7, 11) is 0. The summed E-state index contributed by atoms with van der Waals surface area (Å²) in [5.41, 5.74) is 1.52. The molecular weight excluding hydrogens is 135 g/mol. The molecule has 0 aliphatic rings. The Hall–Kier alpha value is -0.248. The van der Waals surface area contributed by atoms with Crippen molar-refractivity contribution < 1.29 is 0 Å². The summed E-state index contributed by atoms with van der Waals surface area (Å²) in [5, 5.41) is 2.80. The van der Waals surface area contributed by atoms with Crippen molar-refractivity contribution in [3.63, 3.8) is 0 Å². The molecule has 0 radical (unpaired) electrons. The maximum Gasteiger partial charge on any atom is 0.242 e. The molecule has 0 unspecified atom stereocenters. The van der Waals surface area contributed by atoms with Crippen molar-refractivity contribution in [3.05, 3.63) is 35.9 Å². The predicted octanol–water partition coefficient (Wildman–Crippen LogP) is 2.06. The Kier molecular flexibility index (Phi) is 3.57. The van der Waals surface area contributed by atoms with Crippen molar-refractivity contribution in [2.75, 3.05) is 0 Å². The molecule has 1 aromatic carbocycles. The van der Waals surface area contributed by atoms with E-state index in [2.05, 4.69) is 37.3 Å². The summed E-state index contributed by atoms with van der Waals surface area (Å²) in [6.07, 6.45) is 0. The second-order valence-corrected chi connectivity index (χ2v) is 4.80. The summed E-state index contributed by atoms with van der Waals surface area (Å²) in [4.78, 5) is 0. The minimum atomic E-state index is 0.223. The summed E-state index contributed by atoms with van der Waals surface area (Å²) >= 11 is 0.223. The molecule has 0 aliphatic carbocycles. The van der Waals surface area contributed by atoms with Gasteiger partial charge in [0.2, 0.25) is 15.2 Å². The molecule has 0 spiro atoms. The molecule has 0 saturated heterocycles. The zero-order valence-electron chi connectivity index (χ0n) is 6.51. The fraction of sp³-hybridized carbons (Fsp3) is 0.333. The second kappa shape index (κ2) is 4.55. The highest BCUT2D eigenvalue weighted by molar-refractivity contribution is 6.34. The lowest BCUT2D eigenvalue weighted by Gasteiger charge is -1.94. The predicted molar refractivity (Wildman–Crippen MR) is 47.8 cm³/mol. The van der Waals surface area contributed by atoms with E-state index in [-0.39, 0.29) is 15.2 Å². The number of rotatable bonds is 3. The lowest BCUT2D eigenvalue weighted by Crippen LogP contribution is -1.92. The SMILES string of the molecule is C[CH2][AlH][CH2]c1ccccc1. The summed E-state index contributed by atoms with van der Waals surface area (Å²) in [6, 6.07) is 10.8. The first-order valence-electron chi connectivity index (χ1n) is 3.97. The van der Waals surface area contributed by atoms with Gasteiger partial charge in [0.1, 0.15) is 0 Å². The first-order chi connectivity index (χ1) is 4.93. The maximum atomic E-state index is 2.29. The summed E-state index contributed by atoms with van der Waals surface area (Å²) in [5.74, 6) is 0. The van der Waals surface area contributed by atoms with Crippen molar-refractivity contribution in [1.29, 1.82) is 0 Å². The van der Waals surface area contributed by atoms with E-state index < -0.39 is 0 Å². The zero-order valence-corrected chi connectivity index (χ0v) is 7.92. The van der Waals surface area contributed by atoms with Gasteiger partial charge in [-0.05, 0) is 0 Å². The highest BCUT2D eigenvalue weighted by Crippen LogP contribution is 1.98. The standard InChI is InChI=1S/C7H7.C2H5.Al.H/c1-7-5-3-2-4-6-7;1-2;;/h2-6H,1H2;1H2,2H3;;. The van der Waals surface area contributed by atoms with Gasteiger partial charge in [-0.3, -0.25) is 0 Å². The van der Waals surface area contributed by atoms with Crippen LogP contribution in [0, 0.1) is 0 Å². The van der Waals surface area contributed by atoms with Crippen molar-refractivity contribution in [1.82, 2.24) is 0 Å². The molecule has 1 heteroatoms. The van der Waals surface area contributed by atoms with Crippen LogP contribution in [-0.4, -0.2) is 15.2 Å². The molecule has 0 saturated carbocycles. The number of benzene rings is 1. The van der Waals surface area contributed by atoms with Crippen LogP contribution in [0.15, 0.2) is 30.3 Å². The molecule has 0 aromatic heterocycles. The topological polar surface area (TPSA) is 0 Å². The summed E-state index contributed by atoms with van der Waals surface area (Å²) in [6.45, 7) is 2.29. The molecule has 0 amide bonds. The molecule has 1 rings (SSSR count). The first kappa shape index (κ1) is 7.86. The van der Waals surface area contributed by atoms with Crippen molar-refractivity contribution >= 4 is 15.2 Å². The Morgan fingerprint density at radius 1 is 1.20 bits per heavy atom. The fourth-order valence-corrected chi connectivity index (χ4v) is 2.12. The molecular formula is C9H13Al. The third-order valence-electron chi connectivity index (χ3n) is 1.66. The first-order valence-corrected chi connectivity index (χ1v) is 5.97. The molecule has 0 nitrogen and oxygen atoms in total. The number of hydrogen-bond donors (Lipinski definition) is 0. The van der Waals surface area contributed by atoms with Crippen molar-refractivity contribution in [2.24, 2.45) is 0 Å². The molecule has 10 heavy (non-hydrogen) atoms. The molecule has 0 aliphatic heterocycles. The van der Waals surface area contributed by atoms with E-state index in [0.29, 0.717) is 0 Å². The third-order valence-corrected chi connectivity index (χ3v) is 3.30. The molecule has 0 heterocycles. The monoisotopic (exact) mass is 148 g/mol. The van der Waals surface area contributed by atoms with Gasteiger partial charge in [-0.2, -0.15) is 0 Å².